The van der Waals surface area contributed by atoms with Crippen LogP contribution < -0.4 is 0 Å². The Labute approximate surface area is 122 Å². The van der Waals surface area contributed by atoms with Crippen molar-refractivity contribution in [1.29, 1.82) is 0 Å². The van der Waals surface area contributed by atoms with Crippen LogP contribution in [0.1, 0.15) is 32.4 Å². The van der Waals surface area contributed by atoms with Gasteiger partial charge in [-0.15, -0.1) is 0 Å². The second kappa shape index (κ2) is 5.27. The van der Waals surface area contributed by atoms with E-state index in [1.54, 1.807) is 20.8 Å². The molecule has 0 bridgehead atoms. The maximum Gasteiger partial charge on any atom is 0.426 e. The first-order valence-corrected chi connectivity index (χ1v) is 7.64. The third-order valence-corrected chi connectivity index (χ3v) is 4.05. The van der Waals surface area contributed by atoms with Crippen LogP contribution in [0, 0.1) is 5.82 Å². The molecule has 0 N–H and O–H groups in total. The van der Waals surface area contributed by atoms with Crippen LogP contribution in [0.25, 0.3) is 0 Å². The van der Waals surface area contributed by atoms with Crippen LogP contribution in [0.2, 0.25) is 0 Å². The topological polar surface area (TPSA) is 72.9 Å². The number of nitrogens with zero attached hydrogens (tertiary/aromatic N) is 1. The molecule has 1 aliphatic heterocycles. The van der Waals surface area contributed by atoms with Gasteiger partial charge in [-0.2, -0.15) is 12.7 Å². The number of hydrogen-bond acceptors (Lipinski definition) is 5. The molecular weight excluding hydrogens is 301 g/mol. The monoisotopic (exact) mass is 317 g/mol. The molecule has 1 aromatic rings. The molecule has 1 aromatic carbocycles. The van der Waals surface area contributed by atoms with Crippen molar-refractivity contribution in [3.63, 3.8) is 0 Å². The highest BCUT2D eigenvalue weighted by Gasteiger charge is 2.45. The summed E-state index contributed by atoms with van der Waals surface area (Å²) in [6.07, 6.45) is -1.02. The van der Waals surface area contributed by atoms with Crippen molar-refractivity contribution in [2.24, 2.45) is 0 Å². The predicted octanol–water partition coefficient (Wildman–Crippen LogP) is 2.38. The zero-order valence-electron chi connectivity index (χ0n) is 11.9. The molecule has 21 heavy (non-hydrogen) atoms. The van der Waals surface area contributed by atoms with Crippen LogP contribution in [-0.4, -0.2) is 31.0 Å². The maximum absolute atomic E-state index is 12.9. The summed E-state index contributed by atoms with van der Waals surface area (Å²) < 4.78 is 47.0. The van der Waals surface area contributed by atoms with Crippen molar-refractivity contribution < 1.29 is 26.5 Å². The molecule has 116 valence electrons. The van der Waals surface area contributed by atoms with E-state index >= 15 is 0 Å². The summed E-state index contributed by atoms with van der Waals surface area (Å²) in [5, 5.41) is 0. The fourth-order valence-corrected chi connectivity index (χ4v) is 3.00. The van der Waals surface area contributed by atoms with Gasteiger partial charge in [0.1, 0.15) is 17.5 Å². The molecule has 0 spiro atoms. The zero-order chi connectivity index (χ0) is 15.8. The van der Waals surface area contributed by atoms with Crippen molar-refractivity contribution in [2.45, 2.75) is 32.4 Å². The van der Waals surface area contributed by atoms with Crippen LogP contribution >= 0.6 is 0 Å². The minimum absolute atomic E-state index is 0.229. The third-order valence-electron chi connectivity index (χ3n) is 2.73. The summed E-state index contributed by atoms with van der Waals surface area (Å²) in [6, 6.07) is 4.31. The number of carbonyl (C=O) groups is 1. The molecule has 1 atom stereocenters. The standard InChI is InChI=1S/C13H16FNO5S/c1-13(2,3)20-12(16)15-11(8-19-21(15,17)18)9-4-6-10(14)7-5-9/h4-7,11H,8H2,1-3H3/t11-/m1/s1. The third kappa shape index (κ3) is 3.51. The van der Waals surface area contributed by atoms with Crippen molar-refractivity contribution in [3.8, 4) is 0 Å². The van der Waals surface area contributed by atoms with Crippen molar-refractivity contribution in [3.05, 3.63) is 35.6 Å². The van der Waals surface area contributed by atoms with Crippen molar-refractivity contribution in [2.75, 3.05) is 6.61 Å². The molecular formula is C13H16FNO5S. The summed E-state index contributed by atoms with van der Waals surface area (Å²) >= 11 is 0. The van der Waals surface area contributed by atoms with E-state index < -0.39 is 33.9 Å². The smallest absolute Gasteiger partial charge is 0.426 e. The second-order valence-electron chi connectivity index (χ2n) is 5.59. The molecule has 0 aliphatic carbocycles. The van der Waals surface area contributed by atoms with Crippen molar-refractivity contribution in [1.82, 2.24) is 4.31 Å². The van der Waals surface area contributed by atoms with Crippen LogP contribution in [-0.2, 0) is 19.2 Å². The van der Waals surface area contributed by atoms with Gasteiger partial charge in [0.05, 0.1) is 6.61 Å². The SMILES string of the molecule is CC(C)(C)OC(=O)N1[C@@H](c2ccc(F)cc2)COS1(=O)=O. The molecule has 1 amide bonds. The minimum atomic E-state index is -4.20. The van der Waals surface area contributed by atoms with Gasteiger partial charge in [0.2, 0.25) is 0 Å². The van der Waals surface area contributed by atoms with E-state index in [4.69, 9.17) is 4.74 Å². The molecule has 0 unspecified atom stereocenters. The lowest BCUT2D eigenvalue weighted by Gasteiger charge is -2.26. The van der Waals surface area contributed by atoms with Gasteiger partial charge >= 0.3 is 16.4 Å². The number of rotatable bonds is 1. The molecule has 1 heterocycles. The van der Waals surface area contributed by atoms with Gasteiger partial charge in [0, 0.05) is 0 Å². The van der Waals surface area contributed by atoms with Crippen LogP contribution in [0.4, 0.5) is 9.18 Å². The Morgan fingerprint density at radius 3 is 2.43 bits per heavy atom. The molecule has 0 radical (unpaired) electrons. The number of benzene rings is 1. The van der Waals surface area contributed by atoms with Crippen LogP contribution in [0.5, 0.6) is 0 Å². The normalized spacial score (nSPS) is 21.3. The molecule has 2 rings (SSSR count). The molecule has 6 nitrogen and oxygen atoms in total. The van der Waals surface area contributed by atoms with Gasteiger partial charge in [-0.25, -0.2) is 9.18 Å². The van der Waals surface area contributed by atoms with Gasteiger partial charge in [-0.3, -0.25) is 4.18 Å². The Morgan fingerprint density at radius 2 is 1.90 bits per heavy atom. The Balaban J connectivity index is 2.33. The fourth-order valence-electron chi connectivity index (χ4n) is 1.87. The highest BCUT2D eigenvalue weighted by Crippen LogP contribution is 2.33. The highest BCUT2D eigenvalue weighted by molar-refractivity contribution is 7.85. The first-order valence-electron chi connectivity index (χ1n) is 6.27. The van der Waals surface area contributed by atoms with E-state index in [0.29, 0.717) is 9.87 Å². The summed E-state index contributed by atoms with van der Waals surface area (Å²) in [7, 11) is -4.20. The first kappa shape index (κ1) is 15.7. The summed E-state index contributed by atoms with van der Waals surface area (Å²) in [5.74, 6) is -0.454. The molecule has 1 aliphatic rings. The van der Waals surface area contributed by atoms with Gasteiger partial charge in [-0.05, 0) is 38.5 Å². The van der Waals surface area contributed by atoms with E-state index in [2.05, 4.69) is 4.18 Å². The average molecular weight is 317 g/mol. The Hall–Kier alpha value is -1.67. The molecule has 0 saturated carbocycles. The lowest BCUT2D eigenvalue weighted by atomic mass is 10.1. The highest BCUT2D eigenvalue weighted by atomic mass is 32.2. The number of ether oxygens (including phenoxy) is 1. The van der Waals surface area contributed by atoms with E-state index in [9.17, 15) is 17.6 Å². The summed E-state index contributed by atoms with van der Waals surface area (Å²) in [4.78, 5) is 12.1. The minimum Gasteiger partial charge on any atom is -0.443 e. The molecule has 1 saturated heterocycles. The van der Waals surface area contributed by atoms with E-state index in [1.165, 1.54) is 24.3 Å². The molecule has 0 aromatic heterocycles. The van der Waals surface area contributed by atoms with Crippen LogP contribution in [0.15, 0.2) is 24.3 Å². The number of hydrogen-bond donors (Lipinski definition) is 0. The lowest BCUT2D eigenvalue weighted by Crippen LogP contribution is -2.39. The van der Waals surface area contributed by atoms with Crippen molar-refractivity contribution >= 4 is 16.4 Å². The summed E-state index contributed by atoms with van der Waals surface area (Å²) in [5.41, 5.74) is -0.397. The van der Waals surface area contributed by atoms with E-state index in [1.807, 2.05) is 0 Å². The Kier molecular flexibility index (Phi) is 3.94. The number of carbonyl (C=O) groups excluding carboxylic acids is 1. The number of amides is 1. The lowest BCUT2D eigenvalue weighted by molar-refractivity contribution is 0.0356. The predicted molar refractivity (Wildman–Crippen MR) is 72.1 cm³/mol. The largest absolute Gasteiger partial charge is 0.443 e. The number of halogens is 1. The van der Waals surface area contributed by atoms with Gasteiger partial charge < -0.3 is 4.74 Å². The average Bonchev–Trinajstić information content (AvgIpc) is 2.64. The van der Waals surface area contributed by atoms with Gasteiger partial charge in [0.15, 0.2) is 0 Å². The Morgan fingerprint density at radius 1 is 1.33 bits per heavy atom. The van der Waals surface area contributed by atoms with Gasteiger partial charge in [-0.1, -0.05) is 12.1 Å². The molecule has 8 heteroatoms. The zero-order valence-corrected chi connectivity index (χ0v) is 12.7. The summed E-state index contributed by atoms with van der Waals surface area (Å²) in [6.45, 7) is 4.65. The van der Waals surface area contributed by atoms with E-state index in [-0.39, 0.29) is 6.61 Å². The van der Waals surface area contributed by atoms with Gasteiger partial charge in [0.25, 0.3) is 0 Å². The molecule has 1 fully saturated rings. The fraction of sp³-hybridized carbons (Fsp3) is 0.462. The Bertz CT molecular complexity index is 636. The first-order chi connectivity index (χ1) is 9.60. The quantitative estimate of drug-likeness (QED) is 0.795. The maximum atomic E-state index is 12.9. The van der Waals surface area contributed by atoms with Crippen LogP contribution in [0.3, 0.4) is 0 Å². The van der Waals surface area contributed by atoms with E-state index in [0.717, 1.165) is 0 Å². The second-order valence-corrected chi connectivity index (χ2v) is 7.07.